The quantitative estimate of drug-likeness (QED) is 0.707. The average Bonchev–Trinajstić information content (AvgIpc) is 3.13. The molecule has 136 valence electrons. The molecule has 4 nitrogen and oxygen atoms in total. The molecule has 2 aliphatic heterocycles. The van der Waals surface area contributed by atoms with Crippen LogP contribution in [0, 0.1) is 0 Å². The standard InChI is InChI=1S/C21H21BrO4/c22-17-11-18(23-12-15-7-3-1-4-8-15)20(19-14-25-21(17)26-19)24-13-16-9-5-2-6-10-16/h1-11,18-21H,12-14H2/t18-,19-,20+,21-/m1/s1. The molecule has 2 bridgehead atoms. The molecule has 2 aromatic rings. The van der Waals surface area contributed by atoms with Crippen molar-refractivity contribution in [1.82, 2.24) is 0 Å². The van der Waals surface area contributed by atoms with Crippen LogP contribution >= 0.6 is 15.9 Å². The zero-order chi connectivity index (χ0) is 17.8. The minimum Gasteiger partial charge on any atom is -0.368 e. The third kappa shape index (κ3) is 4.24. The second-order valence-electron chi connectivity index (χ2n) is 6.41. The Labute approximate surface area is 161 Å². The minimum atomic E-state index is -0.367. The second-order valence-corrected chi connectivity index (χ2v) is 7.33. The fourth-order valence-corrected chi connectivity index (χ4v) is 3.66. The molecular weight excluding hydrogens is 396 g/mol. The van der Waals surface area contributed by atoms with Crippen LogP contribution in [0.5, 0.6) is 0 Å². The molecule has 0 unspecified atom stereocenters. The van der Waals surface area contributed by atoms with Crippen molar-refractivity contribution < 1.29 is 18.9 Å². The van der Waals surface area contributed by atoms with E-state index >= 15 is 0 Å². The van der Waals surface area contributed by atoms with E-state index in [2.05, 4.69) is 40.2 Å². The Balaban J connectivity index is 1.49. The Hall–Kier alpha value is -1.50. The van der Waals surface area contributed by atoms with Gasteiger partial charge in [-0.15, -0.1) is 0 Å². The molecule has 1 saturated heterocycles. The molecule has 2 aliphatic rings. The van der Waals surface area contributed by atoms with E-state index in [1.807, 2.05) is 42.5 Å². The highest BCUT2D eigenvalue weighted by molar-refractivity contribution is 9.11. The summed E-state index contributed by atoms with van der Waals surface area (Å²) in [5, 5.41) is 0. The van der Waals surface area contributed by atoms with E-state index in [-0.39, 0.29) is 24.6 Å². The normalized spacial score (nSPS) is 27.8. The van der Waals surface area contributed by atoms with E-state index < -0.39 is 0 Å². The molecule has 2 aromatic carbocycles. The summed E-state index contributed by atoms with van der Waals surface area (Å²) in [7, 11) is 0. The monoisotopic (exact) mass is 416 g/mol. The van der Waals surface area contributed by atoms with Gasteiger partial charge in [0.25, 0.3) is 0 Å². The van der Waals surface area contributed by atoms with Gasteiger partial charge < -0.3 is 18.9 Å². The zero-order valence-electron chi connectivity index (χ0n) is 14.3. The summed E-state index contributed by atoms with van der Waals surface area (Å²) in [6.07, 6.45) is 1.03. The first-order chi connectivity index (χ1) is 12.8. The summed E-state index contributed by atoms with van der Waals surface area (Å²) >= 11 is 3.56. The minimum absolute atomic E-state index is 0.157. The number of rotatable bonds is 6. The number of ether oxygens (including phenoxy) is 4. The lowest BCUT2D eigenvalue weighted by molar-refractivity contribution is -0.121. The van der Waals surface area contributed by atoms with Gasteiger partial charge in [0.05, 0.1) is 19.8 Å². The van der Waals surface area contributed by atoms with Crippen molar-refractivity contribution >= 4 is 15.9 Å². The van der Waals surface area contributed by atoms with Gasteiger partial charge in [0, 0.05) is 4.48 Å². The van der Waals surface area contributed by atoms with Crippen molar-refractivity contribution in [2.45, 2.75) is 37.8 Å². The molecule has 0 amide bonds. The summed E-state index contributed by atoms with van der Waals surface area (Å²) in [5.41, 5.74) is 2.25. The molecule has 5 heteroatoms. The summed E-state index contributed by atoms with van der Waals surface area (Å²) in [6.45, 7) is 1.52. The van der Waals surface area contributed by atoms with Crippen LogP contribution in [-0.4, -0.2) is 31.2 Å². The van der Waals surface area contributed by atoms with Gasteiger partial charge in [-0.1, -0.05) is 76.6 Å². The van der Waals surface area contributed by atoms with Crippen LogP contribution in [0.15, 0.2) is 71.2 Å². The maximum atomic E-state index is 6.23. The number of hydrogen-bond donors (Lipinski definition) is 0. The Kier molecular flexibility index (Phi) is 5.82. The smallest absolute Gasteiger partial charge is 0.190 e. The van der Waals surface area contributed by atoms with Gasteiger partial charge in [0.15, 0.2) is 6.29 Å². The Morgan fingerprint density at radius 1 is 0.885 bits per heavy atom. The van der Waals surface area contributed by atoms with Crippen LogP contribution < -0.4 is 0 Å². The number of fused-ring (bicyclic) bond motifs is 2. The summed E-state index contributed by atoms with van der Waals surface area (Å²) in [5.74, 6) is 0. The molecule has 4 atom stereocenters. The lowest BCUT2D eigenvalue weighted by atomic mass is 10.1. The largest absolute Gasteiger partial charge is 0.368 e. The van der Waals surface area contributed by atoms with Crippen LogP contribution in [-0.2, 0) is 32.2 Å². The molecule has 0 aromatic heterocycles. The topological polar surface area (TPSA) is 36.9 Å². The van der Waals surface area contributed by atoms with Gasteiger partial charge in [-0.25, -0.2) is 0 Å². The highest BCUT2D eigenvalue weighted by atomic mass is 79.9. The number of halogens is 1. The van der Waals surface area contributed by atoms with E-state index in [4.69, 9.17) is 18.9 Å². The molecule has 0 spiro atoms. The number of benzene rings is 2. The summed E-state index contributed by atoms with van der Waals surface area (Å²) in [4.78, 5) is 0. The highest BCUT2D eigenvalue weighted by Crippen LogP contribution is 2.33. The Bertz CT molecular complexity index is 734. The van der Waals surface area contributed by atoms with Crippen molar-refractivity contribution in [3.05, 3.63) is 82.3 Å². The molecule has 2 heterocycles. The molecule has 4 rings (SSSR count). The fourth-order valence-electron chi connectivity index (χ4n) is 3.16. The van der Waals surface area contributed by atoms with E-state index in [9.17, 15) is 0 Å². The fraction of sp³-hybridized carbons (Fsp3) is 0.333. The van der Waals surface area contributed by atoms with Gasteiger partial charge in [-0.05, 0) is 17.2 Å². The first kappa shape index (κ1) is 17.9. The van der Waals surface area contributed by atoms with Gasteiger partial charge >= 0.3 is 0 Å². The lowest BCUT2D eigenvalue weighted by Crippen LogP contribution is -2.41. The maximum Gasteiger partial charge on any atom is 0.190 e. The van der Waals surface area contributed by atoms with Crippen LogP contribution in [0.3, 0.4) is 0 Å². The van der Waals surface area contributed by atoms with E-state index in [0.29, 0.717) is 19.8 Å². The molecule has 1 fully saturated rings. The first-order valence-electron chi connectivity index (χ1n) is 8.75. The maximum absolute atomic E-state index is 6.23. The average molecular weight is 417 g/mol. The third-order valence-corrected chi connectivity index (χ3v) is 5.16. The van der Waals surface area contributed by atoms with Gasteiger partial charge in [-0.2, -0.15) is 0 Å². The zero-order valence-corrected chi connectivity index (χ0v) is 15.9. The third-order valence-electron chi connectivity index (χ3n) is 4.52. The van der Waals surface area contributed by atoms with E-state index in [1.54, 1.807) is 0 Å². The predicted molar refractivity (Wildman–Crippen MR) is 102 cm³/mol. The van der Waals surface area contributed by atoms with Crippen LogP contribution in [0.4, 0.5) is 0 Å². The molecule has 0 N–H and O–H groups in total. The highest BCUT2D eigenvalue weighted by Gasteiger charge is 2.42. The van der Waals surface area contributed by atoms with E-state index in [0.717, 1.165) is 15.6 Å². The van der Waals surface area contributed by atoms with Crippen molar-refractivity contribution in [2.75, 3.05) is 6.61 Å². The van der Waals surface area contributed by atoms with Crippen molar-refractivity contribution in [3.8, 4) is 0 Å². The Morgan fingerprint density at radius 3 is 2.15 bits per heavy atom. The number of hydrogen-bond acceptors (Lipinski definition) is 4. The van der Waals surface area contributed by atoms with Crippen LogP contribution in [0.1, 0.15) is 11.1 Å². The van der Waals surface area contributed by atoms with Gasteiger partial charge in [0.1, 0.15) is 18.3 Å². The molecule has 26 heavy (non-hydrogen) atoms. The molecule has 0 aliphatic carbocycles. The van der Waals surface area contributed by atoms with Crippen LogP contribution in [0.2, 0.25) is 0 Å². The summed E-state index contributed by atoms with van der Waals surface area (Å²) < 4.78 is 25.0. The second kappa shape index (κ2) is 8.46. The predicted octanol–water partition coefficient (Wildman–Crippen LogP) is 4.19. The van der Waals surface area contributed by atoms with Crippen molar-refractivity contribution in [3.63, 3.8) is 0 Å². The van der Waals surface area contributed by atoms with Crippen molar-refractivity contribution in [2.24, 2.45) is 0 Å². The molecular formula is C21H21BrO4. The van der Waals surface area contributed by atoms with Crippen LogP contribution in [0.25, 0.3) is 0 Å². The van der Waals surface area contributed by atoms with Crippen molar-refractivity contribution in [1.29, 1.82) is 0 Å². The SMILES string of the molecule is BrC1=C[C@@H](OCc2ccccc2)[C@H](OCc2ccccc2)[C@H]2CO[C@@H]1O2. The lowest BCUT2D eigenvalue weighted by Gasteiger charge is -2.28. The van der Waals surface area contributed by atoms with Gasteiger partial charge in [-0.3, -0.25) is 0 Å². The first-order valence-corrected chi connectivity index (χ1v) is 9.54. The van der Waals surface area contributed by atoms with E-state index in [1.165, 1.54) is 0 Å². The Morgan fingerprint density at radius 2 is 1.50 bits per heavy atom. The molecule has 0 saturated carbocycles. The molecule has 0 radical (unpaired) electrons. The van der Waals surface area contributed by atoms with Gasteiger partial charge in [0.2, 0.25) is 0 Å². The summed E-state index contributed by atoms with van der Waals surface area (Å²) in [6, 6.07) is 20.3.